The van der Waals surface area contributed by atoms with E-state index in [-0.39, 0.29) is 17.4 Å². The number of carbonyl (C=O) groups is 1. The van der Waals surface area contributed by atoms with E-state index in [4.69, 9.17) is 11.6 Å². The van der Waals surface area contributed by atoms with E-state index in [1.807, 2.05) is 6.07 Å². The maximum Gasteiger partial charge on any atom is 0.234 e. The van der Waals surface area contributed by atoms with Gasteiger partial charge in [-0.2, -0.15) is 0 Å². The molecule has 0 fully saturated rings. The number of benzene rings is 2. The molecule has 0 saturated carbocycles. The van der Waals surface area contributed by atoms with Gasteiger partial charge in [0, 0.05) is 10.7 Å². The lowest BCUT2D eigenvalue weighted by Crippen LogP contribution is -2.13. The van der Waals surface area contributed by atoms with E-state index in [1.165, 1.54) is 23.9 Å². The number of aromatic nitrogens is 2. The van der Waals surface area contributed by atoms with E-state index in [0.717, 1.165) is 11.0 Å². The zero-order valence-corrected chi connectivity index (χ0v) is 12.9. The van der Waals surface area contributed by atoms with Crippen molar-refractivity contribution in [2.24, 2.45) is 0 Å². The van der Waals surface area contributed by atoms with Gasteiger partial charge in [-0.25, -0.2) is 4.98 Å². The van der Waals surface area contributed by atoms with Crippen molar-refractivity contribution in [2.75, 3.05) is 11.1 Å². The van der Waals surface area contributed by atoms with Crippen molar-refractivity contribution in [3.8, 4) is 5.75 Å². The van der Waals surface area contributed by atoms with Gasteiger partial charge in [0.05, 0.1) is 16.8 Å². The van der Waals surface area contributed by atoms with Gasteiger partial charge >= 0.3 is 0 Å². The molecular formula is C15H12ClN3O2S. The zero-order valence-electron chi connectivity index (χ0n) is 11.3. The molecule has 0 aliphatic heterocycles. The molecule has 3 rings (SSSR count). The largest absolute Gasteiger partial charge is 0.508 e. The normalized spacial score (nSPS) is 10.8. The Morgan fingerprint density at radius 2 is 2.05 bits per heavy atom. The Morgan fingerprint density at radius 1 is 1.27 bits per heavy atom. The van der Waals surface area contributed by atoms with Gasteiger partial charge in [-0.3, -0.25) is 4.79 Å². The molecule has 0 atom stereocenters. The second-order valence-corrected chi connectivity index (χ2v) is 5.99. The fourth-order valence-electron chi connectivity index (χ4n) is 1.90. The molecule has 1 amide bonds. The van der Waals surface area contributed by atoms with Gasteiger partial charge in [-0.15, -0.1) is 0 Å². The first-order valence-corrected chi connectivity index (χ1v) is 7.83. The standard InChI is InChI=1S/C15H12ClN3O2S/c16-9-1-6-12-13(7-9)19-15(18-12)22-8-14(21)17-10-2-4-11(20)5-3-10/h1-7,20H,8H2,(H,17,21)(H,18,19). The lowest BCUT2D eigenvalue weighted by Gasteiger charge is -2.04. The number of amides is 1. The summed E-state index contributed by atoms with van der Waals surface area (Å²) in [6.07, 6.45) is 0. The molecule has 2 aromatic carbocycles. The fourth-order valence-corrected chi connectivity index (χ4v) is 2.76. The Kier molecular flexibility index (Phi) is 4.22. The number of phenols is 1. The van der Waals surface area contributed by atoms with E-state index >= 15 is 0 Å². The van der Waals surface area contributed by atoms with E-state index in [2.05, 4.69) is 15.3 Å². The molecule has 0 aliphatic carbocycles. The Balaban J connectivity index is 1.61. The molecule has 5 nitrogen and oxygen atoms in total. The van der Waals surface area contributed by atoms with Crippen LogP contribution in [0.2, 0.25) is 5.02 Å². The number of aromatic hydroxyl groups is 1. The van der Waals surface area contributed by atoms with Gasteiger partial charge in [0.2, 0.25) is 5.91 Å². The first-order chi connectivity index (χ1) is 10.6. The minimum Gasteiger partial charge on any atom is -0.508 e. The van der Waals surface area contributed by atoms with Crippen LogP contribution in [0, 0.1) is 0 Å². The van der Waals surface area contributed by atoms with Gasteiger partial charge in [0.1, 0.15) is 5.75 Å². The van der Waals surface area contributed by atoms with Crippen molar-refractivity contribution >= 4 is 46.0 Å². The summed E-state index contributed by atoms with van der Waals surface area (Å²) in [5.74, 6) is 0.247. The molecule has 0 radical (unpaired) electrons. The van der Waals surface area contributed by atoms with Crippen LogP contribution in [0.25, 0.3) is 11.0 Å². The van der Waals surface area contributed by atoms with Crippen molar-refractivity contribution in [1.82, 2.24) is 9.97 Å². The smallest absolute Gasteiger partial charge is 0.234 e. The molecule has 3 aromatic rings. The fraction of sp³-hybridized carbons (Fsp3) is 0.0667. The van der Waals surface area contributed by atoms with Crippen LogP contribution in [0.4, 0.5) is 5.69 Å². The zero-order chi connectivity index (χ0) is 15.5. The lowest BCUT2D eigenvalue weighted by atomic mass is 10.3. The highest BCUT2D eigenvalue weighted by Gasteiger charge is 2.08. The summed E-state index contributed by atoms with van der Waals surface area (Å²) in [5, 5.41) is 13.2. The molecule has 7 heteroatoms. The number of halogens is 1. The number of anilines is 1. The third-order valence-corrected chi connectivity index (χ3v) is 4.02. The number of carbonyl (C=O) groups excluding carboxylic acids is 1. The molecule has 112 valence electrons. The molecule has 0 unspecified atom stereocenters. The van der Waals surface area contributed by atoms with Crippen LogP contribution in [-0.4, -0.2) is 26.7 Å². The Hall–Kier alpha value is -2.18. The number of phenolic OH excluding ortho intramolecular Hbond substituents is 1. The minimum atomic E-state index is -0.144. The van der Waals surface area contributed by atoms with Crippen molar-refractivity contribution in [3.05, 3.63) is 47.5 Å². The third kappa shape index (κ3) is 3.52. The highest BCUT2D eigenvalue weighted by Crippen LogP contribution is 2.22. The SMILES string of the molecule is O=C(CSc1nc2ccc(Cl)cc2[nH]1)Nc1ccc(O)cc1. The molecule has 0 spiro atoms. The van der Waals surface area contributed by atoms with E-state index in [1.54, 1.807) is 24.3 Å². The van der Waals surface area contributed by atoms with Gasteiger partial charge in [0.25, 0.3) is 0 Å². The molecule has 0 bridgehead atoms. The number of hydrogen-bond donors (Lipinski definition) is 3. The average molecular weight is 334 g/mol. The third-order valence-electron chi connectivity index (χ3n) is 2.91. The number of nitrogens with zero attached hydrogens (tertiary/aromatic N) is 1. The van der Waals surface area contributed by atoms with Crippen LogP contribution in [0.15, 0.2) is 47.6 Å². The van der Waals surface area contributed by atoms with Crippen LogP contribution in [0.3, 0.4) is 0 Å². The van der Waals surface area contributed by atoms with Crippen molar-refractivity contribution < 1.29 is 9.90 Å². The second kappa shape index (κ2) is 6.29. The van der Waals surface area contributed by atoms with Crippen LogP contribution < -0.4 is 5.32 Å². The Bertz CT molecular complexity index is 817. The first-order valence-electron chi connectivity index (χ1n) is 6.47. The van der Waals surface area contributed by atoms with E-state index < -0.39 is 0 Å². The van der Waals surface area contributed by atoms with Gasteiger partial charge in [-0.05, 0) is 42.5 Å². The predicted octanol–water partition coefficient (Wildman–Crippen LogP) is 3.65. The summed E-state index contributed by atoms with van der Waals surface area (Å²) in [4.78, 5) is 19.4. The molecule has 22 heavy (non-hydrogen) atoms. The minimum absolute atomic E-state index is 0.144. The van der Waals surface area contributed by atoms with Crippen molar-refractivity contribution in [2.45, 2.75) is 5.16 Å². The maximum absolute atomic E-state index is 11.9. The monoisotopic (exact) mass is 333 g/mol. The van der Waals surface area contributed by atoms with Gasteiger partial charge in [0.15, 0.2) is 5.16 Å². The maximum atomic E-state index is 11.9. The van der Waals surface area contributed by atoms with E-state index in [9.17, 15) is 9.90 Å². The topological polar surface area (TPSA) is 78.0 Å². The Morgan fingerprint density at radius 3 is 2.82 bits per heavy atom. The van der Waals surface area contributed by atoms with Gasteiger partial charge in [-0.1, -0.05) is 23.4 Å². The number of hydrogen-bond acceptors (Lipinski definition) is 4. The molecule has 3 N–H and O–H groups in total. The molecular weight excluding hydrogens is 322 g/mol. The summed E-state index contributed by atoms with van der Waals surface area (Å²) in [5.41, 5.74) is 2.29. The molecule has 1 heterocycles. The number of imidazole rings is 1. The predicted molar refractivity (Wildman–Crippen MR) is 88.6 cm³/mol. The van der Waals surface area contributed by atoms with Crippen LogP contribution in [0.1, 0.15) is 0 Å². The lowest BCUT2D eigenvalue weighted by molar-refractivity contribution is -0.113. The Labute approximate surface area is 135 Å². The summed E-state index contributed by atoms with van der Waals surface area (Å²) in [6.45, 7) is 0. The number of nitrogens with one attached hydrogen (secondary N) is 2. The summed E-state index contributed by atoms with van der Waals surface area (Å²) < 4.78 is 0. The van der Waals surface area contributed by atoms with Crippen LogP contribution >= 0.6 is 23.4 Å². The second-order valence-electron chi connectivity index (χ2n) is 4.59. The van der Waals surface area contributed by atoms with Crippen LogP contribution in [0.5, 0.6) is 5.75 Å². The summed E-state index contributed by atoms with van der Waals surface area (Å²) in [7, 11) is 0. The molecule has 1 aromatic heterocycles. The summed E-state index contributed by atoms with van der Waals surface area (Å²) >= 11 is 7.23. The van der Waals surface area contributed by atoms with Gasteiger partial charge < -0.3 is 15.4 Å². The van der Waals surface area contributed by atoms with E-state index in [0.29, 0.717) is 15.9 Å². The number of thioether (sulfide) groups is 1. The average Bonchev–Trinajstić information content (AvgIpc) is 2.89. The number of rotatable bonds is 4. The van der Waals surface area contributed by atoms with Crippen LogP contribution in [-0.2, 0) is 4.79 Å². The van der Waals surface area contributed by atoms with Crippen molar-refractivity contribution in [3.63, 3.8) is 0 Å². The molecule has 0 saturated heterocycles. The highest BCUT2D eigenvalue weighted by molar-refractivity contribution is 7.99. The molecule has 0 aliphatic rings. The summed E-state index contributed by atoms with van der Waals surface area (Å²) in [6, 6.07) is 11.7. The van der Waals surface area contributed by atoms with Crippen molar-refractivity contribution in [1.29, 1.82) is 0 Å². The quantitative estimate of drug-likeness (QED) is 0.503. The first kappa shape index (κ1) is 14.7. The number of aromatic amines is 1. The number of H-pyrrole nitrogens is 1. The number of fused-ring (bicyclic) bond motifs is 1. The highest BCUT2D eigenvalue weighted by atomic mass is 35.5.